The standard InChI is InChI=1S/C48H60N8O9S2/c1-28(2)49-46-52-37(27-66-46)36-22-39(33-19-18-31(64-6)20-35(33)50-36)65-32-21-38-42(57)54-48(44(59)60)23-30(48)15-10-8-7-9-11-16-34(43(58)56(38)25-32)51-45(61)53-41(47(3,4)5)26-55-24-29-14-12-13-17-40(29)67(55,62)63/h10,12-15,17-20,22,27-28,30,32,34,38,41H,7-9,11,16,21,23-26H2,1-6H3,(H,49,52)(H,54,57)(H,59,60)(H2,51,53,61)/b15-10-/t30?,32-,34+,38+,41?,48-/m1/s1. The third-order valence-electron chi connectivity index (χ3n) is 13.1. The molecule has 0 bridgehead atoms. The third-order valence-corrected chi connectivity index (χ3v) is 15.7. The van der Waals surface area contributed by atoms with Gasteiger partial charge in [0.1, 0.15) is 40.9 Å². The van der Waals surface area contributed by atoms with Crippen LogP contribution in [0.25, 0.3) is 22.3 Å². The van der Waals surface area contributed by atoms with Crippen LogP contribution < -0.4 is 30.7 Å². The topological polar surface area (TPSA) is 221 Å². The number of fused-ring (bicyclic) bond motifs is 4. The van der Waals surface area contributed by atoms with E-state index in [9.17, 15) is 27.9 Å². The maximum absolute atomic E-state index is 15.0. The molecular formula is C48H60N8O9S2. The summed E-state index contributed by atoms with van der Waals surface area (Å²) in [5.41, 5.74) is 0.302. The number of carboxylic acids is 1. The quantitative estimate of drug-likeness (QED) is 0.105. The van der Waals surface area contributed by atoms with Gasteiger partial charge in [-0.2, -0.15) is 4.31 Å². The number of thiazole rings is 1. The Balaban J connectivity index is 1.08. The second-order valence-corrected chi connectivity index (χ2v) is 22.1. The number of pyridine rings is 1. The summed E-state index contributed by atoms with van der Waals surface area (Å²) in [5.74, 6) is -1.69. The minimum atomic E-state index is -3.80. The lowest BCUT2D eigenvalue weighted by Crippen LogP contribution is -2.59. The fourth-order valence-corrected chi connectivity index (χ4v) is 11.6. The molecule has 1 aliphatic carbocycles. The highest BCUT2D eigenvalue weighted by Gasteiger charge is 2.61. The number of carbonyl (C=O) groups excluding carboxylic acids is 3. The van der Waals surface area contributed by atoms with E-state index in [2.05, 4.69) is 21.3 Å². The smallest absolute Gasteiger partial charge is 0.330 e. The van der Waals surface area contributed by atoms with E-state index in [1.54, 1.807) is 49.6 Å². The van der Waals surface area contributed by atoms with E-state index in [1.807, 2.05) is 58.2 Å². The van der Waals surface area contributed by atoms with Crippen molar-refractivity contribution in [2.75, 3.05) is 25.5 Å². The van der Waals surface area contributed by atoms with Crippen molar-refractivity contribution in [3.63, 3.8) is 0 Å². The third kappa shape index (κ3) is 10.2. The predicted molar refractivity (Wildman–Crippen MR) is 254 cm³/mol. The number of hydrogen-bond donors (Lipinski definition) is 5. The van der Waals surface area contributed by atoms with Gasteiger partial charge in [-0.05, 0) is 68.7 Å². The Labute approximate surface area is 395 Å². The van der Waals surface area contributed by atoms with Crippen LogP contribution in [0.5, 0.6) is 11.5 Å². The Hall–Kier alpha value is -5.79. The number of hydrogen-bond acceptors (Lipinski definition) is 12. The molecule has 1 saturated carbocycles. The first-order chi connectivity index (χ1) is 31.9. The van der Waals surface area contributed by atoms with Gasteiger partial charge in [-0.15, -0.1) is 11.3 Å². The molecule has 5 N–H and O–H groups in total. The number of methoxy groups -OCH3 is 1. The second-order valence-electron chi connectivity index (χ2n) is 19.3. The van der Waals surface area contributed by atoms with Crippen LogP contribution >= 0.6 is 11.3 Å². The molecule has 0 spiro atoms. The Morgan fingerprint density at radius 3 is 2.58 bits per heavy atom. The van der Waals surface area contributed by atoms with Gasteiger partial charge in [0, 0.05) is 60.4 Å². The number of ether oxygens (including phenoxy) is 2. The highest BCUT2D eigenvalue weighted by molar-refractivity contribution is 7.89. The fraction of sp³-hybridized carbons (Fsp3) is 0.500. The number of urea groups is 1. The van der Waals surface area contributed by atoms with Crippen LogP contribution in [0, 0.1) is 11.3 Å². The zero-order chi connectivity index (χ0) is 47.8. The van der Waals surface area contributed by atoms with E-state index in [1.165, 1.54) is 20.5 Å². The number of benzene rings is 2. The zero-order valence-corrected chi connectivity index (χ0v) is 40.3. The predicted octanol–water partition coefficient (Wildman–Crippen LogP) is 6.30. The molecule has 1 saturated heterocycles. The van der Waals surface area contributed by atoms with Crippen molar-refractivity contribution in [1.29, 1.82) is 0 Å². The van der Waals surface area contributed by atoms with E-state index in [4.69, 9.17) is 19.4 Å². The molecule has 4 aromatic rings. The summed E-state index contributed by atoms with van der Waals surface area (Å²) < 4.78 is 40.8. The maximum Gasteiger partial charge on any atom is 0.330 e. The number of sulfonamides is 1. The van der Waals surface area contributed by atoms with Crippen molar-refractivity contribution in [2.24, 2.45) is 11.3 Å². The van der Waals surface area contributed by atoms with Crippen LogP contribution in [0.1, 0.15) is 85.1 Å². The summed E-state index contributed by atoms with van der Waals surface area (Å²) in [6, 6.07) is 10.7. The van der Waals surface area contributed by atoms with Gasteiger partial charge < -0.3 is 40.7 Å². The van der Waals surface area contributed by atoms with Gasteiger partial charge >= 0.3 is 12.0 Å². The summed E-state index contributed by atoms with van der Waals surface area (Å²) in [6.07, 6.45) is 6.33. The van der Waals surface area contributed by atoms with Crippen molar-refractivity contribution in [1.82, 2.24) is 35.1 Å². The first-order valence-corrected chi connectivity index (χ1v) is 25.2. The molecule has 67 heavy (non-hydrogen) atoms. The molecule has 8 rings (SSSR count). The largest absolute Gasteiger partial charge is 0.497 e. The van der Waals surface area contributed by atoms with Crippen molar-refractivity contribution in [2.45, 2.75) is 127 Å². The van der Waals surface area contributed by atoms with Crippen LogP contribution in [-0.2, 0) is 31.0 Å². The Morgan fingerprint density at radius 2 is 1.85 bits per heavy atom. The number of rotatable bonds is 11. The molecule has 2 aromatic heterocycles. The summed E-state index contributed by atoms with van der Waals surface area (Å²) in [6.45, 7) is 9.88. The Kier molecular flexibility index (Phi) is 13.6. The Bertz CT molecular complexity index is 2680. The molecular weight excluding hydrogens is 897 g/mol. The lowest BCUT2D eigenvalue weighted by atomic mass is 9.86. The number of aliphatic carboxylic acids is 1. The minimum Gasteiger partial charge on any atom is -0.497 e. The summed E-state index contributed by atoms with van der Waals surface area (Å²) in [4.78, 5) is 67.7. The number of carboxylic acid groups (broad SMARTS) is 1. The second kappa shape index (κ2) is 19.1. The average molecular weight is 957 g/mol. The molecule has 2 unspecified atom stereocenters. The normalized spacial score (nSPS) is 25.1. The summed E-state index contributed by atoms with van der Waals surface area (Å²) in [5, 5.41) is 25.8. The minimum absolute atomic E-state index is 0.00354. The number of nitrogens with zero attached hydrogens (tertiary/aromatic N) is 4. The van der Waals surface area contributed by atoms with Gasteiger partial charge in [0.2, 0.25) is 21.8 Å². The molecule has 4 aliphatic rings. The van der Waals surface area contributed by atoms with Crippen LogP contribution in [-0.4, -0.2) is 113 Å². The van der Waals surface area contributed by atoms with Crippen LogP contribution in [0.3, 0.4) is 0 Å². The first-order valence-electron chi connectivity index (χ1n) is 22.9. The SMILES string of the molecule is COc1ccc2c(O[C@@H]3C[C@H]4C(=O)N[C@]5(C(=O)O)CC5/C=C\CCCCC[C@H](NC(=O)NC(CN5Cc6ccccc6S5(=O)=O)C(C)(C)C)C(=O)N4C3)cc(-c3csc(NC(C)C)n3)nc2c1. The van der Waals surface area contributed by atoms with Crippen LogP contribution in [0.2, 0.25) is 0 Å². The van der Waals surface area contributed by atoms with Gasteiger partial charge in [-0.25, -0.2) is 28.0 Å². The molecule has 358 valence electrons. The maximum atomic E-state index is 15.0. The lowest BCUT2D eigenvalue weighted by Gasteiger charge is -2.35. The number of aromatic nitrogens is 2. The monoisotopic (exact) mass is 956 g/mol. The molecule has 5 heterocycles. The number of allylic oxidation sites excluding steroid dienone is 1. The van der Waals surface area contributed by atoms with Crippen LogP contribution in [0.15, 0.2) is 71.0 Å². The Morgan fingerprint density at radius 1 is 1.06 bits per heavy atom. The van der Waals surface area contributed by atoms with E-state index in [0.29, 0.717) is 52.2 Å². The lowest BCUT2D eigenvalue weighted by molar-refractivity contribution is -0.145. The molecule has 17 nitrogen and oxygen atoms in total. The summed E-state index contributed by atoms with van der Waals surface area (Å²) >= 11 is 1.45. The van der Waals surface area contributed by atoms with Crippen molar-refractivity contribution in [3.05, 3.63) is 71.6 Å². The van der Waals surface area contributed by atoms with E-state index in [0.717, 1.165) is 18.0 Å². The number of anilines is 1. The van der Waals surface area contributed by atoms with Crippen molar-refractivity contribution in [3.8, 4) is 22.9 Å². The molecule has 2 aromatic carbocycles. The summed E-state index contributed by atoms with van der Waals surface area (Å²) in [7, 11) is -2.23. The van der Waals surface area contributed by atoms with Crippen molar-refractivity contribution < 1.29 is 42.2 Å². The highest BCUT2D eigenvalue weighted by atomic mass is 32.2. The number of carbonyl (C=O) groups is 4. The zero-order valence-electron chi connectivity index (χ0n) is 38.7. The van der Waals surface area contributed by atoms with Crippen molar-refractivity contribution >= 4 is 61.2 Å². The van der Waals surface area contributed by atoms with Gasteiger partial charge in [0.05, 0.1) is 29.8 Å². The van der Waals surface area contributed by atoms with Crippen LogP contribution in [0.4, 0.5) is 9.93 Å². The number of amides is 4. The van der Waals surface area contributed by atoms with Gasteiger partial charge in [-0.3, -0.25) is 9.59 Å². The van der Waals surface area contributed by atoms with E-state index in [-0.39, 0.29) is 49.8 Å². The first kappa shape index (κ1) is 47.7. The molecule has 4 amide bonds. The molecule has 3 aliphatic heterocycles. The average Bonchev–Trinajstić information content (AvgIpc) is 3.51. The highest BCUT2D eigenvalue weighted by Crippen LogP contribution is 2.46. The number of nitrogens with one attached hydrogen (secondary N) is 4. The molecule has 0 radical (unpaired) electrons. The fourth-order valence-electron chi connectivity index (χ4n) is 9.12. The van der Waals surface area contributed by atoms with Gasteiger partial charge in [0.15, 0.2) is 5.13 Å². The van der Waals surface area contributed by atoms with Gasteiger partial charge in [-0.1, -0.05) is 64.0 Å². The van der Waals surface area contributed by atoms with E-state index < -0.39 is 74.9 Å². The molecule has 19 heteroatoms. The van der Waals surface area contributed by atoms with E-state index >= 15 is 4.79 Å². The van der Waals surface area contributed by atoms with Gasteiger partial charge in [0.25, 0.3) is 0 Å². The molecule has 2 fully saturated rings. The molecule has 6 atom stereocenters.